The summed E-state index contributed by atoms with van der Waals surface area (Å²) in [5.74, 6) is -1.01. The highest BCUT2D eigenvalue weighted by atomic mass is 16.5. The van der Waals surface area contributed by atoms with Gasteiger partial charge in [0.05, 0.1) is 18.4 Å². The van der Waals surface area contributed by atoms with Gasteiger partial charge in [-0.1, -0.05) is 36.4 Å². The SMILES string of the molecule is COC(=O)c1cc(OC(=O)c2ccccc2)n(-c2ccccc2)n1. The van der Waals surface area contributed by atoms with Crippen molar-refractivity contribution in [3.05, 3.63) is 78.0 Å². The normalized spacial score (nSPS) is 10.2. The standard InChI is InChI=1S/C18H14N2O4/c1-23-18(22)15-12-16(20(19-15)14-10-6-3-7-11-14)24-17(21)13-8-4-2-5-9-13/h2-12H,1H3. The van der Waals surface area contributed by atoms with Crippen molar-refractivity contribution in [1.29, 1.82) is 0 Å². The average Bonchev–Trinajstić information content (AvgIpc) is 3.06. The van der Waals surface area contributed by atoms with E-state index in [0.717, 1.165) is 0 Å². The Labute approximate surface area is 138 Å². The van der Waals surface area contributed by atoms with Crippen molar-refractivity contribution in [3.8, 4) is 11.6 Å². The Bertz CT molecular complexity index is 857. The predicted octanol–water partition coefficient (Wildman–Crippen LogP) is 2.88. The van der Waals surface area contributed by atoms with Crippen molar-refractivity contribution in [2.24, 2.45) is 0 Å². The highest BCUT2D eigenvalue weighted by Gasteiger charge is 2.19. The van der Waals surface area contributed by atoms with E-state index < -0.39 is 11.9 Å². The third-order valence-corrected chi connectivity index (χ3v) is 3.28. The van der Waals surface area contributed by atoms with Crippen LogP contribution in [0.3, 0.4) is 0 Å². The van der Waals surface area contributed by atoms with Crippen LogP contribution in [0.2, 0.25) is 0 Å². The van der Waals surface area contributed by atoms with Crippen molar-refractivity contribution in [3.63, 3.8) is 0 Å². The number of benzene rings is 2. The topological polar surface area (TPSA) is 70.4 Å². The first-order valence-electron chi connectivity index (χ1n) is 7.20. The molecule has 1 heterocycles. The molecule has 2 aromatic carbocycles. The third kappa shape index (κ3) is 3.17. The number of para-hydroxylation sites is 1. The molecule has 0 aliphatic heterocycles. The summed E-state index contributed by atoms with van der Waals surface area (Å²) in [5, 5.41) is 4.16. The van der Waals surface area contributed by atoms with Gasteiger partial charge in [0, 0.05) is 6.07 Å². The maximum Gasteiger partial charge on any atom is 0.358 e. The van der Waals surface area contributed by atoms with Gasteiger partial charge in [0.1, 0.15) is 0 Å². The maximum absolute atomic E-state index is 12.3. The van der Waals surface area contributed by atoms with E-state index in [9.17, 15) is 9.59 Å². The number of esters is 2. The number of hydrogen-bond acceptors (Lipinski definition) is 5. The highest BCUT2D eigenvalue weighted by Crippen LogP contribution is 2.21. The fraction of sp³-hybridized carbons (Fsp3) is 0.0556. The summed E-state index contributed by atoms with van der Waals surface area (Å²) in [4.78, 5) is 24.0. The molecule has 0 aliphatic rings. The van der Waals surface area contributed by atoms with Gasteiger partial charge in [-0.3, -0.25) is 0 Å². The van der Waals surface area contributed by atoms with Crippen molar-refractivity contribution in [2.45, 2.75) is 0 Å². The summed E-state index contributed by atoms with van der Waals surface area (Å²) in [6.45, 7) is 0. The average molecular weight is 322 g/mol. The monoisotopic (exact) mass is 322 g/mol. The zero-order chi connectivity index (χ0) is 16.9. The van der Waals surface area contributed by atoms with Crippen molar-refractivity contribution < 1.29 is 19.1 Å². The van der Waals surface area contributed by atoms with E-state index in [2.05, 4.69) is 9.84 Å². The lowest BCUT2D eigenvalue weighted by molar-refractivity contribution is 0.0592. The van der Waals surface area contributed by atoms with E-state index >= 15 is 0 Å². The molecule has 3 aromatic rings. The molecule has 6 nitrogen and oxygen atoms in total. The molecule has 0 N–H and O–H groups in total. The summed E-state index contributed by atoms with van der Waals surface area (Å²) in [7, 11) is 1.26. The minimum atomic E-state index is -0.610. The number of nitrogens with zero attached hydrogens (tertiary/aromatic N) is 2. The van der Waals surface area contributed by atoms with Crippen LogP contribution in [0.15, 0.2) is 66.7 Å². The van der Waals surface area contributed by atoms with E-state index in [1.165, 1.54) is 17.9 Å². The first-order valence-corrected chi connectivity index (χ1v) is 7.20. The molecule has 6 heteroatoms. The van der Waals surface area contributed by atoms with Crippen LogP contribution in [0.25, 0.3) is 5.69 Å². The van der Waals surface area contributed by atoms with E-state index in [0.29, 0.717) is 11.3 Å². The Balaban J connectivity index is 1.98. The summed E-state index contributed by atoms with van der Waals surface area (Å²) in [6.07, 6.45) is 0. The molecule has 0 saturated heterocycles. The van der Waals surface area contributed by atoms with Crippen molar-refractivity contribution >= 4 is 11.9 Å². The summed E-state index contributed by atoms with van der Waals surface area (Å²) >= 11 is 0. The highest BCUT2D eigenvalue weighted by molar-refractivity contribution is 5.91. The zero-order valence-corrected chi connectivity index (χ0v) is 12.9. The molecule has 3 rings (SSSR count). The van der Waals surface area contributed by atoms with E-state index in [1.807, 2.05) is 18.2 Å². The van der Waals surface area contributed by atoms with Crippen LogP contribution >= 0.6 is 0 Å². The Hall–Kier alpha value is -3.41. The molecule has 0 amide bonds. The molecule has 24 heavy (non-hydrogen) atoms. The van der Waals surface area contributed by atoms with E-state index in [-0.39, 0.29) is 11.6 Å². The zero-order valence-electron chi connectivity index (χ0n) is 12.9. The van der Waals surface area contributed by atoms with Crippen molar-refractivity contribution in [2.75, 3.05) is 7.11 Å². The summed E-state index contributed by atoms with van der Waals surface area (Å²) in [5.41, 5.74) is 1.11. The third-order valence-electron chi connectivity index (χ3n) is 3.28. The van der Waals surface area contributed by atoms with Gasteiger partial charge < -0.3 is 9.47 Å². The summed E-state index contributed by atoms with van der Waals surface area (Å²) < 4.78 is 11.5. The number of carbonyl (C=O) groups is 2. The molecule has 0 bridgehead atoms. The van der Waals surface area contributed by atoms with Crippen molar-refractivity contribution in [1.82, 2.24) is 9.78 Å². The fourth-order valence-electron chi connectivity index (χ4n) is 2.12. The molecule has 0 spiro atoms. The molecular formula is C18H14N2O4. The molecule has 0 fully saturated rings. The lowest BCUT2D eigenvalue weighted by Gasteiger charge is -2.07. The smallest absolute Gasteiger partial charge is 0.358 e. The van der Waals surface area contributed by atoms with Gasteiger partial charge in [-0.25, -0.2) is 9.59 Å². The van der Waals surface area contributed by atoms with Crippen LogP contribution < -0.4 is 4.74 Å². The number of aromatic nitrogens is 2. The van der Waals surface area contributed by atoms with Crippen LogP contribution in [-0.2, 0) is 4.74 Å². The second kappa shape index (κ2) is 6.78. The Kier molecular flexibility index (Phi) is 4.38. The van der Waals surface area contributed by atoms with Crippen LogP contribution in [0.4, 0.5) is 0 Å². The largest absolute Gasteiger partial charge is 0.464 e. The van der Waals surface area contributed by atoms with Gasteiger partial charge in [-0.2, -0.15) is 9.78 Å². The molecule has 120 valence electrons. The van der Waals surface area contributed by atoms with E-state index in [4.69, 9.17) is 4.74 Å². The molecule has 0 aliphatic carbocycles. The Morgan fingerprint density at radius 2 is 1.54 bits per heavy atom. The molecule has 0 saturated carbocycles. The quantitative estimate of drug-likeness (QED) is 0.691. The molecule has 0 radical (unpaired) electrons. The van der Waals surface area contributed by atoms with Crippen LogP contribution in [0.1, 0.15) is 20.8 Å². The number of rotatable bonds is 4. The van der Waals surface area contributed by atoms with Crippen LogP contribution in [0, 0.1) is 0 Å². The second-order valence-electron chi connectivity index (χ2n) is 4.86. The fourth-order valence-corrected chi connectivity index (χ4v) is 2.12. The lowest BCUT2D eigenvalue weighted by atomic mass is 10.2. The van der Waals surface area contributed by atoms with Gasteiger partial charge in [0.25, 0.3) is 0 Å². The van der Waals surface area contributed by atoms with Crippen LogP contribution in [-0.4, -0.2) is 28.8 Å². The number of hydrogen-bond donors (Lipinski definition) is 0. The van der Waals surface area contributed by atoms with Gasteiger partial charge in [-0.15, -0.1) is 0 Å². The van der Waals surface area contributed by atoms with Crippen LogP contribution in [0.5, 0.6) is 5.88 Å². The van der Waals surface area contributed by atoms with Gasteiger partial charge in [0.15, 0.2) is 5.69 Å². The summed E-state index contributed by atoms with van der Waals surface area (Å²) in [6, 6.07) is 19.0. The molecule has 0 unspecified atom stereocenters. The predicted molar refractivity (Wildman–Crippen MR) is 86.3 cm³/mol. The Morgan fingerprint density at radius 1 is 0.917 bits per heavy atom. The lowest BCUT2D eigenvalue weighted by Crippen LogP contribution is -2.11. The minimum absolute atomic E-state index is 0.0530. The molecule has 1 aromatic heterocycles. The maximum atomic E-state index is 12.3. The minimum Gasteiger partial charge on any atom is -0.464 e. The first-order chi connectivity index (χ1) is 11.7. The van der Waals surface area contributed by atoms with Gasteiger partial charge in [-0.05, 0) is 24.3 Å². The molecule has 0 atom stereocenters. The number of carbonyl (C=O) groups excluding carboxylic acids is 2. The molecular weight excluding hydrogens is 308 g/mol. The van der Waals surface area contributed by atoms with Gasteiger partial charge in [0.2, 0.25) is 5.88 Å². The number of ether oxygens (including phenoxy) is 2. The number of methoxy groups -OCH3 is 1. The first kappa shape index (κ1) is 15.5. The second-order valence-corrected chi connectivity index (χ2v) is 4.86. The Morgan fingerprint density at radius 3 is 2.17 bits per heavy atom. The van der Waals surface area contributed by atoms with E-state index in [1.54, 1.807) is 42.5 Å². The van der Waals surface area contributed by atoms with Gasteiger partial charge >= 0.3 is 11.9 Å².